The van der Waals surface area contributed by atoms with Gasteiger partial charge in [0.15, 0.2) is 0 Å². The fourth-order valence-electron chi connectivity index (χ4n) is 1.11. The summed E-state index contributed by atoms with van der Waals surface area (Å²) in [7, 11) is 1.86. The minimum absolute atomic E-state index is 0.352. The number of hydrogen-bond acceptors (Lipinski definition) is 2. The van der Waals surface area contributed by atoms with Crippen LogP contribution in [0.2, 0.25) is 0 Å². The van der Waals surface area contributed by atoms with Gasteiger partial charge in [0.2, 0.25) is 0 Å². The second-order valence-corrected chi connectivity index (χ2v) is 3.55. The lowest BCUT2D eigenvalue weighted by Crippen LogP contribution is -2.07. The predicted molar refractivity (Wildman–Crippen MR) is 53.3 cm³/mol. The van der Waals surface area contributed by atoms with Crippen molar-refractivity contribution in [3.05, 3.63) is 27.7 Å². The van der Waals surface area contributed by atoms with Crippen LogP contribution < -0.4 is 5.32 Å². The van der Waals surface area contributed by atoms with E-state index >= 15 is 0 Å². The molecule has 0 heterocycles. The zero-order valence-corrected chi connectivity index (χ0v) is 8.77. The molecular weight excluding hydrogens is 218 g/mol. The van der Waals surface area contributed by atoms with Gasteiger partial charge in [-0.15, -0.1) is 0 Å². The molecule has 1 aromatic rings. The Bertz CT molecular complexity index is 286. The van der Waals surface area contributed by atoms with Crippen molar-refractivity contribution in [1.82, 2.24) is 5.32 Å². The van der Waals surface area contributed by atoms with Gasteiger partial charge in [0.1, 0.15) is 5.75 Å². The third kappa shape index (κ3) is 1.79. The van der Waals surface area contributed by atoms with Crippen LogP contribution in [-0.2, 0) is 6.54 Å². The van der Waals surface area contributed by atoms with Crippen LogP contribution in [-0.4, -0.2) is 12.2 Å². The summed E-state index contributed by atoms with van der Waals surface area (Å²) in [6, 6.07) is 3.55. The highest BCUT2D eigenvalue weighted by Gasteiger charge is 2.05. The van der Waals surface area contributed by atoms with E-state index in [0.29, 0.717) is 12.3 Å². The molecule has 2 nitrogen and oxygen atoms in total. The standard InChI is InChI=1S/C9H12BrNO/c1-6-7(5-11-2)9(12)4-3-8(6)10/h3-4,11-12H,5H2,1-2H3. The lowest BCUT2D eigenvalue weighted by atomic mass is 10.1. The molecule has 0 radical (unpaired) electrons. The fraction of sp³-hybridized carbons (Fsp3) is 0.333. The molecule has 0 aliphatic carbocycles. The summed E-state index contributed by atoms with van der Waals surface area (Å²) >= 11 is 3.41. The Morgan fingerprint density at radius 2 is 2.17 bits per heavy atom. The lowest BCUT2D eigenvalue weighted by molar-refractivity contribution is 0.465. The normalized spacial score (nSPS) is 10.2. The van der Waals surface area contributed by atoms with Crippen LogP contribution in [0, 0.1) is 6.92 Å². The molecule has 1 rings (SSSR count). The molecule has 0 saturated carbocycles. The molecule has 0 amide bonds. The third-order valence-corrected chi connectivity index (χ3v) is 2.72. The van der Waals surface area contributed by atoms with Gasteiger partial charge in [0, 0.05) is 16.6 Å². The van der Waals surface area contributed by atoms with Crippen molar-refractivity contribution in [2.75, 3.05) is 7.05 Å². The van der Waals surface area contributed by atoms with E-state index in [1.807, 2.05) is 20.0 Å². The average molecular weight is 230 g/mol. The van der Waals surface area contributed by atoms with Crippen LogP contribution >= 0.6 is 15.9 Å². The Morgan fingerprint density at radius 3 is 2.75 bits per heavy atom. The summed E-state index contributed by atoms with van der Waals surface area (Å²) in [5, 5.41) is 12.5. The first-order valence-electron chi connectivity index (χ1n) is 3.78. The van der Waals surface area contributed by atoms with E-state index in [4.69, 9.17) is 0 Å². The van der Waals surface area contributed by atoms with Crippen LogP contribution in [0.15, 0.2) is 16.6 Å². The second kappa shape index (κ2) is 3.92. The van der Waals surface area contributed by atoms with Crippen molar-refractivity contribution in [1.29, 1.82) is 0 Å². The van der Waals surface area contributed by atoms with Crippen molar-refractivity contribution in [2.45, 2.75) is 13.5 Å². The molecule has 12 heavy (non-hydrogen) atoms. The van der Waals surface area contributed by atoms with Gasteiger partial charge in [-0.1, -0.05) is 15.9 Å². The topological polar surface area (TPSA) is 32.3 Å². The quantitative estimate of drug-likeness (QED) is 0.816. The van der Waals surface area contributed by atoms with E-state index in [2.05, 4.69) is 21.2 Å². The summed E-state index contributed by atoms with van der Waals surface area (Å²) in [4.78, 5) is 0. The molecule has 66 valence electrons. The van der Waals surface area contributed by atoms with Crippen molar-refractivity contribution < 1.29 is 5.11 Å². The van der Waals surface area contributed by atoms with E-state index in [9.17, 15) is 5.11 Å². The number of halogens is 1. The largest absolute Gasteiger partial charge is 0.508 e. The van der Waals surface area contributed by atoms with Crippen LogP contribution in [0.5, 0.6) is 5.75 Å². The summed E-state index contributed by atoms with van der Waals surface area (Å²) in [6.45, 7) is 2.67. The zero-order chi connectivity index (χ0) is 9.14. The first kappa shape index (κ1) is 9.55. The van der Waals surface area contributed by atoms with Crippen molar-refractivity contribution in [2.24, 2.45) is 0 Å². The minimum atomic E-state index is 0.352. The molecule has 0 aromatic heterocycles. The fourth-order valence-corrected chi connectivity index (χ4v) is 1.49. The Kier molecular flexibility index (Phi) is 3.12. The second-order valence-electron chi connectivity index (χ2n) is 2.70. The highest BCUT2D eigenvalue weighted by molar-refractivity contribution is 9.10. The van der Waals surface area contributed by atoms with Gasteiger partial charge >= 0.3 is 0 Å². The van der Waals surface area contributed by atoms with Crippen molar-refractivity contribution >= 4 is 15.9 Å². The molecular formula is C9H12BrNO. The SMILES string of the molecule is CNCc1c(O)ccc(Br)c1C. The maximum absolute atomic E-state index is 9.49. The van der Waals surface area contributed by atoms with Crippen LogP contribution in [0.1, 0.15) is 11.1 Å². The summed E-state index contributed by atoms with van der Waals surface area (Å²) in [6.07, 6.45) is 0. The first-order valence-corrected chi connectivity index (χ1v) is 4.57. The Labute approximate surface area is 80.7 Å². The summed E-state index contributed by atoms with van der Waals surface area (Å²) < 4.78 is 1.03. The number of benzene rings is 1. The highest BCUT2D eigenvalue weighted by Crippen LogP contribution is 2.27. The van der Waals surface area contributed by atoms with Crippen LogP contribution in [0.4, 0.5) is 0 Å². The van der Waals surface area contributed by atoms with Gasteiger partial charge in [0.05, 0.1) is 0 Å². The Balaban J connectivity index is 3.14. The average Bonchev–Trinajstić information content (AvgIpc) is 2.06. The van der Waals surface area contributed by atoms with Gasteiger partial charge in [-0.3, -0.25) is 0 Å². The van der Waals surface area contributed by atoms with Crippen LogP contribution in [0.3, 0.4) is 0 Å². The smallest absolute Gasteiger partial charge is 0.120 e. The van der Waals surface area contributed by atoms with Gasteiger partial charge < -0.3 is 10.4 Å². The van der Waals surface area contributed by atoms with E-state index in [0.717, 1.165) is 15.6 Å². The van der Waals surface area contributed by atoms with E-state index in [1.165, 1.54) is 0 Å². The van der Waals surface area contributed by atoms with E-state index in [1.54, 1.807) is 6.07 Å². The maximum atomic E-state index is 9.49. The zero-order valence-electron chi connectivity index (χ0n) is 7.19. The van der Waals surface area contributed by atoms with Crippen molar-refractivity contribution in [3.8, 4) is 5.75 Å². The van der Waals surface area contributed by atoms with Gasteiger partial charge in [-0.05, 0) is 31.7 Å². The van der Waals surface area contributed by atoms with Gasteiger partial charge in [-0.2, -0.15) is 0 Å². The monoisotopic (exact) mass is 229 g/mol. The Morgan fingerprint density at radius 1 is 1.50 bits per heavy atom. The number of hydrogen-bond donors (Lipinski definition) is 2. The number of nitrogens with one attached hydrogen (secondary N) is 1. The molecule has 1 aromatic carbocycles. The third-order valence-electron chi connectivity index (χ3n) is 1.86. The lowest BCUT2D eigenvalue weighted by Gasteiger charge is -2.08. The number of phenols is 1. The molecule has 0 bridgehead atoms. The molecule has 0 fully saturated rings. The molecule has 0 aliphatic heterocycles. The number of phenolic OH excluding ortho intramolecular Hbond substituents is 1. The van der Waals surface area contributed by atoms with E-state index < -0.39 is 0 Å². The van der Waals surface area contributed by atoms with Gasteiger partial charge in [0.25, 0.3) is 0 Å². The summed E-state index contributed by atoms with van der Waals surface area (Å²) in [5.74, 6) is 0.352. The minimum Gasteiger partial charge on any atom is -0.508 e. The maximum Gasteiger partial charge on any atom is 0.120 e. The molecule has 0 saturated heterocycles. The van der Waals surface area contributed by atoms with Crippen LogP contribution in [0.25, 0.3) is 0 Å². The summed E-state index contributed by atoms with van der Waals surface area (Å²) in [5.41, 5.74) is 2.04. The molecule has 2 N–H and O–H groups in total. The molecule has 0 unspecified atom stereocenters. The first-order chi connectivity index (χ1) is 5.66. The predicted octanol–water partition coefficient (Wildman–Crippen LogP) is 2.18. The number of aromatic hydroxyl groups is 1. The van der Waals surface area contributed by atoms with Gasteiger partial charge in [-0.25, -0.2) is 0 Å². The molecule has 0 spiro atoms. The molecule has 3 heteroatoms. The Hall–Kier alpha value is -0.540. The number of rotatable bonds is 2. The van der Waals surface area contributed by atoms with E-state index in [-0.39, 0.29) is 0 Å². The molecule has 0 aliphatic rings. The van der Waals surface area contributed by atoms with Crippen molar-refractivity contribution in [3.63, 3.8) is 0 Å². The highest BCUT2D eigenvalue weighted by atomic mass is 79.9. The molecule has 0 atom stereocenters.